The number of thiophene rings is 1. The van der Waals surface area contributed by atoms with Gasteiger partial charge in [-0.05, 0) is 77.4 Å². The lowest BCUT2D eigenvalue weighted by Gasteiger charge is -2.22. The Morgan fingerprint density at radius 1 is 0.917 bits per heavy atom. The molecule has 0 aliphatic heterocycles. The summed E-state index contributed by atoms with van der Waals surface area (Å²) >= 11 is 1.31. The minimum Gasteiger partial charge on any atom is -0.397 e. The summed E-state index contributed by atoms with van der Waals surface area (Å²) in [7, 11) is 0. The fourth-order valence-electron chi connectivity index (χ4n) is 4.99. The molecule has 176 valence electrons. The molecule has 2 aromatic heterocycles. The molecule has 0 saturated carbocycles. The van der Waals surface area contributed by atoms with Crippen molar-refractivity contribution in [1.82, 2.24) is 4.98 Å². The number of anilines is 1. The van der Waals surface area contributed by atoms with Crippen molar-refractivity contribution in [3.63, 3.8) is 0 Å². The number of hydrogen-bond acceptors (Lipinski definition) is 4. The Morgan fingerprint density at radius 2 is 1.61 bits per heavy atom. The molecule has 0 saturated heterocycles. The quantitative estimate of drug-likeness (QED) is 0.262. The minimum atomic E-state index is -0.380. The van der Waals surface area contributed by atoms with Crippen LogP contribution in [-0.4, -0.2) is 10.8 Å². The molecule has 5 heteroatoms. The SMILES string of the molecule is Nc1c(C(=O)c2ccc(F)cc2)sc2nc3c(c(-c4ccccc4)c12)CCC/C3=C\c1ccccc1. The van der Waals surface area contributed by atoms with E-state index in [-0.39, 0.29) is 11.6 Å². The fraction of sp³-hybridized carbons (Fsp3) is 0.0968. The topological polar surface area (TPSA) is 56.0 Å². The van der Waals surface area contributed by atoms with E-state index in [0.29, 0.717) is 16.1 Å². The van der Waals surface area contributed by atoms with Crippen LogP contribution in [0.15, 0.2) is 84.9 Å². The zero-order chi connectivity index (χ0) is 24.6. The van der Waals surface area contributed by atoms with Crippen LogP contribution in [0.4, 0.5) is 10.1 Å². The molecular formula is C31H23FN2OS. The largest absolute Gasteiger partial charge is 0.397 e. The zero-order valence-electron chi connectivity index (χ0n) is 19.5. The van der Waals surface area contributed by atoms with Crippen LogP contribution in [0.1, 0.15) is 44.9 Å². The van der Waals surface area contributed by atoms with Gasteiger partial charge >= 0.3 is 0 Å². The second kappa shape index (κ2) is 9.17. The molecule has 3 aromatic carbocycles. The Kier molecular flexibility index (Phi) is 5.70. The lowest BCUT2D eigenvalue weighted by Crippen LogP contribution is -2.08. The summed E-state index contributed by atoms with van der Waals surface area (Å²) in [6, 6.07) is 26.1. The van der Waals surface area contributed by atoms with Crippen LogP contribution in [0.25, 0.3) is 33.0 Å². The number of carbonyl (C=O) groups excluding carboxylic acids is 1. The lowest BCUT2D eigenvalue weighted by molar-refractivity contribution is 0.104. The predicted octanol–water partition coefficient (Wildman–Crippen LogP) is 7.79. The van der Waals surface area contributed by atoms with Crippen LogP contribution in [0, 0.1) is 5.82 Å². The van der Waals surface area contributed by atoms with E-state index < -0.39 is 0 Å². The van der Waals surface area contributed by atoms with Gasteiger partial charge in [-0.2, -0.15) is 0 Å². The van der Waals surface area contributed by atoms with Crippen molar-refractivity contribution in [2.24, 2.45) is 0 Å². The van der Waals surface area contributed by atoms with E-state index in [4.69, 9.17) is 10.7 Å². The number of nitrogens with two attached hydrogens (primary N) is 1. The molecule has 2 N–H and O–H groups in total. The first-order chi connectivity index (χ1) is 17.6. The Balaban J connectivity index is 1.61. The molecular weight excluding hydrogens is 467 g/mol. The van der Waals surface area contributed by atoms with Crippen molar-refractivity contribution in [3.05, 3.63) is 118 Å². The minimum absolute atomic E-state index is 0.215. The highest BCUT2D eigenvalue weighted by Gasteiger charge is 2.27. The van der Waals surface area contributed by atoms with Gasteiger partial charge in [0.2, 0.25) is 5.78 Å². The van der Waals surface area contributed by atoms with Gasteiger partial charge in [-0.15, -0.1) is 11.3 Å². The molecule has 1 aliphatic rings. The number of hydrogen-bond donors (Lipinski definition) is 1. The van der Waals surface area contributed by atoms with E-state index in [9.17, 15) is 9.18 Å². The van der Waals surface area contributed by atoms with E-state index in [1.54, 1.807) is 0 Å². The van der Waals surface area contributed by atoms with Crippen LogP contribution in [0.2, 0.25) is 0 Å². The van der Waals surface area contributed by atoms with E-state index in [2.05, 4.69) is 30.3 Å². The number of halogens is 1. The number of carbonyl (C=O) groups is 1. The van der Waals surface area contributed by atoms with Crippen molar-refractivity contribution >= 4 is 44.7 Å². The Bertz CT molecular complexity index is 1620. The summed E-state index contributed by atoms with van der Waals surface area (Å²) in [5, 5.41) is 0.830. The summed E-state index contributed by atoms with van der Waals surface area (Å²) in [5.41, 5.74) is 14.2. The first kappa shape index (κ1) is 22.4. The summed E-state index contributed by atoms with van der Waals surface area (Å²) < 4.78 is 13.5. The molecule has 0 atom stereocenters. The Morgan fingerprint density at radius 3 is 2.33 bits per heavy atom. The van der Waals surface area contributed by atoms with Gasteiger partial charge in [-0.3, -0.25) is 4.79 Å². The van der Waals surface area contributed by atoms with Crippen LogP contribution in [-0.2, 0) is 6.42 Å². The van der Waals surface area contributed by atoms with E-state index in [1.807, 2.05) is 36.4 Å². The molecule has 1 aliphatic carbocycles. The van der Waals surface area contributed by atoms with Crippen LogP contribution >= 0.6 is 11.3 Å². The third-order valence-corrected chi connectivity index (χ3v) is 7.77. The molecule has 0 bridgehead atoms. The van der Waals surface area contributed by atoms with Gasteiger partial charge in [0, 0.05) is 10.9 Å². The average molecular weight is 491 g/mol. The molecule has 5 aromatic rings. The third-order valence-electron chi connectivity index (χ3n) is 6.67. The molecule has 0 amide bonds. The summed E-state index contributed by atoms with van der Waals surface area (Å²) in [6.07, 6.45) is 5.07. The van der Waals surface area contributed by atoms with Crippen molar-refractivity contribution in [1.29, 1.82) is 0 Å². The number of pyridine rings is 1. The maximum Gasteiger partial charge on any atom is 0.205 e. The van der Waals surface area contributed by atoms with Gasteiger partial charge in [0.05, 0.1) is 11.4 Å². The maximum absolute atomic E-state index is 13.5. The highest BCUT2D eigenvalue weighted by molar-refractivity contribution is 7.21. The third kappa shape index (κ3) is 3.91. The highest BCUT2D eigenvalue weighted by atomic mass is 32.1. The van der Waals surface area contributed by atoms with Crippen molar-refractivity contribution in [2.45, 2.75) is 19.3 Å². The van der Waals surface area contributed by atoms with Gasteiger partial charge in [-0.25, -0.2) is 9.37 Å². The number of ketones is 1. The summed E-state index contributed by atoms with van der Waals surface area (Å²) in [5.74, 6) is -0.596. The standard InChI is InChI=1S/C31H23FN2OS/c32-23-16-14-21(15-17-23)29(35)30-27(33)26-25(20-10-5-2-6-11-20)24-13-7-12-22(28(24)34-31(26)36-30)18-19-8-3-1-4-9-19/h1-6,8-11,14-18H,7,12-13,33H2/b22-18+. The number of fused-ring (bicyclic) bond motifs is 2. The number of nitrogens with zero attached hydrogens (tertiary/aromatic N) is 1. The summed E-state index contributed by atoms with van der Waals surface area (Å²) in [4.78, 5) is 19.7. The first-order valence-electron chi connectivity index (χ1n) is 12.0. The molecule has 0 radical (unpaired) electrons. The number of benzene rings is 3. The highest BCUT2D eigenvalue weighted by Crippen LogP contribution is 2.46. The lowest BCUT2D eigenvalue weighted by atomic mass is 9.84. The molecule has 6 rings (SSSR count). The van der Waals surface area contributed by atoms with Gasteiger partial charge < -0.3 is 5.73 Å². The van der Waals surface area contributed by atoms with Crippen LogP contribution in [0.3, 0.4) is 0 Å². The van der Waals surface area contributed by atoms with E-state index in [0.717, 1.165) is 51.9 Å². The molecule has 36 heavy (non-hydrogen) atoms. The van der Waals surface area contributed by atoms with Crippen LogP contribution < -0.4 is 5.73 Å². The fourth-order valence-corrected chi connectivity index (χ4v) is 6.06. The molecule has 3 nitrogen and oxygen atoms in total. The van der Waals surface area contributed by atoms with E-state index >= 15 is 0 Å². The molecule has 0 spiro atoms. The first-order valence-corrected chi connectivity index (χ1v) is 12.8. The Hall–Kier alpha value is -4.09. The zero-order valence-corrected chi connectivity index (χ0v) is 20.3. The number of nitrogen functional groups attached to an aromatic ring is 1. The molecule has 2 heterocycles. The number of rotatable bonds is 4. The van der Waals surface area contributed by atoms with Crippen molar-refractivity contribution < 1.29 is 9.18 Å². The van der Waals surface area contributed by atoms with Crippen LogP contribution in [0.5, 0.6) is 0 Å². The maximum atomic E-state index is 13.5. The monoisotopic (exact) mass is 490 g/mol. The summed E-state index contributed by atoms with van der Waals surface area (Å²) in [6.45, 7) is 0. The molecule has 0 fully saturated rings. The Labute approximate surface area is 212 Å². The van der Waals surface area contributed by atoms with Gasteiger partial charge in [-0.1, -0.05) is 60.7 Å². The van der Waals surface area contributed by atoms with Crippen molar-refractivity contribution in [3.8, 4) is 11.1 Å². The normalized spacial score (nSPS) is 14.2. The average Bonchev–Trinajstić information content (AvgIpc) is 3.24. The second-order valence-electron chi connectivity index (χ2n) is 8.97. The van der Waals surface area contributed by atoms with E-state index in [1.165, 1.54) is 46.7 Å². The van der Waals surface area contributed by atoms with Gasteiger partial charge in [0.1, 0.15) is 15.5 Å². The van der Waals surface area contributed by atoms with Gasteiger partial charge in [0.25, 0.3) is 0 Å². The van der Waals surface area contributed by atoms with Gasteiger partial charge in [0.15, 0.2) is 0 Å². The number of allylic oxidation sites excluding steroid dienone is 1. The smallest absolute Gasteiger partial charge is 0.205 e. The molecule has 0 unspecified atom stereocenters. The number of aromatic nitrogens is 1. The predicted molar refractivity (Wildman–Crippen MR) is 147 cm³/mol. The van der Waals surface area contributed by atoms with Crippen molar-refractivity contribution in [2.75, 3.05) is 5.73 Å². The second-order valence-corrected chi connectivity index (χ2v) is 9.97.